The molecule has 0 aliphatic carbocycles. The number of fused-ring (bicyclic) bond motifs is 1. The minimum atomic E-state index is 0.303. The first-order valence-electron chi connectivity index (χ1n) is 6.50. The van der Waals surface area contributed by atoms with Crippen molar-refractivity contribution in [3.63, 3.8) is 0 Å². The maximum Gasteiger partial charge on any atom is 0.119 e. The van der Waals surface area contributed by atoms with Crippen molar-refractivity contribution in [2.45, 2.75) is 25.3 Å². The Kier molecular flexibility index (Phi) is 2.99. The number of benzene rings is 1. The first kappa shape index (κ1) is 11.9. The standard InChI is InChI=1S/C14H19N3S/c1-14(15-2)7-9-17(10-8-14)13-11-5-3-4-6-12(11)16-18-13/h3-6,15H,7-10H2,1-2H3. The van der Waals surface area contributed by atoms with Crippen molar-refractivity contribution in [2.24, 2.45) is 0 Å². The predicted molar refractivity (Wildman–Crippen MR) is 78.5 cm³/mol. The average molecular weight is 261 g/mol. The molecule has 3 rings (SSSR count). The summed E-state index contributed by atoms with van der Waals surface area (Å²) in [5.74, 6) is 0. The van der Waals surface area contributed by atoms with Crippen LogP contribution < -0.4 is 10.2 Å². The van der Waals surface area contributed by atoms with E-state index in [0.29, 0.717) is 5.54 Å². The van der Waals surface area contributed by atoms with Gasteiger partial charge in [0.15, 0.2) is 0 Å². The van der Waals surface area contributed by atoms with Crippen LogP contribution in [-0.4, -0.2) is 30.0 Å². The quantitative estimate of drug-likeness (QED) is 0.901. The van der Waals surface area contributed by atoms with E-state index in [0.717, 1.165) is 18.6 Å². The summed E-state index contributed by atoms with van der Waals surface area (Å²) in [7, 11) is 2.07. The molecule has 0 saturated carbocycles. The smallest absolute Gasteiger partial charge is 0.119 e. The van der Waals surface area contributed by atoms with Gasteiger partial charge < -0.3 is 10.2 Å². The predicted octanol–water partition coefficient (Wildman–Crippen LogP) is 2.87. The van der Waals surface area contributed by atoms with E-state index in [4.69, 9.17) is 0 Å². The van der Waals surface area contributed by atoms with E-state index in [1.165, 1.54) is 23.2 Å². The molecule has 1 N–H and O–H groups in total. The van der Waals surface area contributed by atoms with Crippen LogP contribution in [0.4, 0.5) is 5.00 Å². The molecule has 0 amide bonds. The van der Waals surface area contributed by atoms with E-state index in [9.17, 15) is 0 Å². The highest BCUT2D eigenvalue weighted by Gasteiger charge is 2.29. The van der Waals surface area contributed by atoms with Crippen LogP contribution in [0.3, 0.4) is 0 Å². The molecule has 18 heavy (non-hydrogen) atoms. The zero-order valence-electron chi connectivity index (χ0n) is 10.9. The molecule has 0 unspecified atom stereocenters. The molecule has 0 bridgehead atoms. The molecule has 1 aliphatic rings. The van der Waals surface area contributed by atoms with E-state index in [1.54, 1.807) is 11.5 Å². The number of nitrogens with zero attached hydrogens (tertiary/aromatic N) is 2. The van der Waals surface area contributed by atoms with Gasteiger partial charge in [-0.05, 0) is 50.5 Å². The highest BCUT2D eigenvalue weighted by molar-refractivity contribution is 7.11. The van der Waals surface area contributed by atoms with Crippen LogP contribution >= 0.6 is 11.5 Å². The number of aromatic nitrogens is 1. The van der Waals surface area contributed by atoms with Crippen LogP contribution in [-0.2, 0) is 0 Å². The zero-order valence-corrected chi connectivity index (χ0v) is 11.8. The van der Waals surface area contributed by atoms with Crippen molar-refractivity contribution in [1.29, 1.82) is 0 Å². The van der Waals surface area contributed by atoms with Crippen LogP contribution in [0.1, 0.15) is 19.8 Å². The second-order valence-corrected chi connectivity index (χ2v) is 6.05. The highest BCUT2D eigenvalue weighted by Crippen LogP contribution is 2.34. The molecule has 3 nitrogen and oxygen atoms in total. The Bertz CT molecular complexity index is 541. The summed E-state index contributed by atoms with van der Waals surface area (Å²) < 4.78 is 4.53. The third kappa shape index (κ3) is 1.99. The molecule has 2 aromatic rings. The van der Waals surface area contributed by atoms with Gasteiger partial charge in [-0.15, -0.1) is 0 Å². The number of hydrogen-bond acceptors (Lipinski definition) is 4. The van der Waals surface area contributed by atoms with E-state index in [2.05, 4.69) is 52.8 Å². The van der Waals surface area contributed by atoms with Crippen molar-refractivity contribution in [3.8, 4) is 0 Å². The average Bonchev–Trinajstić information content (AvgIpc) is 2.84. The van der Waals surface area contributed by atoms with Crippen LogP contribution in [0.2, 0.25) is 0 Å². The minimum Gasteiger partial charge on any atom is -0.362 e. The summed E-state index contributed by atoms with van der Waals surface area (Å²) in [6.45, 7) is 4.54. The number of nitrogens with one attached hydrogen (secondary N) is 1. The third-order valence-electron chi connectivity index (χ3n) is 4.12. The molecule has 1 aromatic carbocycles. The fourth-order valence-electron chi connectivity index (χ4n) is 2.56. The maximum absolute atomic E-state index is 4.53. The van der Waals surface area contributed by atoms with Crippen molar-refractivity contribution in [3.05, 3.63) is 24.3 Å². The Balaban J connectivity index is 1.85. The fraction of sp³-hybridized carbons (Fsp3) is 0.500. The summed E-state index contributed by atoms with van der Waals surface area (Å²) in [6.07, 6.45) is 2.38. The molecule has 1 aromatic heterocycles. The topological polar surface area (TPSA) is 28.2 Å². The van der Waals surface area contributed by atoms with Crippen LogP contribution in [0.25, 0.3) is 10.9 Å². The lowest BCUT2D eigenvalue weighted by molar-refractivity contribution is 0.306. The van der Waals surface area contributed by atoms with Gasteiger partial charge in [0.2, 0.25) is 0 Å². The summed E-state index contributed by atoms with van der Waals surface area (Å²) in [6, 6.07) is 8.43. The monoisotopic (exact) mass is 261 g/mol. The van der Waals surface area contributed by atoms with Crippen molar-refractivity contribution < 1.29 is 0 Å². The van der Waals surface area contributed by atoms with Gasteiger partial charge in [-0.1, -0.05) is 12.1 Å². The maximum atomic E-state index is 4.53. The van der Waals surface area contributed by atoms with Crippen LogP contribution in [0.15, 0.2) is 24.3 Å². The first-order chi connectivity index (χ1) is 8.72. The molecule has 2 heterocycles. The fourth-order valence-corrected chi connectivity index (χ4v) is 3.47. The van der Waals surface area contributed by atoms with Crippen LogP contribution in [0.5, 0.6) is 0 Å². The molecule has 1 aliphatic heterocycles. The van der Waals surface area contributed by atoms with Gasteiger partial charge in [-0.25, -0.2) is 0 Å². The summed E-state index contributed by atoms with van der Waals surface area (Å²) in [5.41, 5.74) is 1.43. The van der Waals surface area contributed by atoms with Gasteiger partial charge in [0, 0.05) is 24.0 Å². The second-order valence-electron chi connectivity index (χ2n) is 5.30. The summed E-state index contributed by atoms with van der Waals surface area (Å²) in [4.78, 5) is 2.49. The molecule has 1 saturated heterocycles. The Hall–Kier alpha value is -1.13. The molecule has 0 atom stereocenters. The molecule has 0 radical (unpaired) electrons. The minimum absolute atomic E-state index is 0.303. The van der Waals surface area contributed by atoms with E-state index >= 15 is 0 Å². The number of anilines is 1. The first-order valence-corrected chi connectivity index (χ1v) is 7.27. The molecule has 0 spiro atoms. The van der Waals surface area contributed by atoms with Gasteiger partial charge in [-0.3, -0.25) is 0 Å². The van der Waals surface area contributed by atoms with E-state index in [1.807, 2.05) is 0 Å². The highest BCUT2D eigenvalue weighted by atomic mass is 32.1. The van der Waals surface area contributed by atoms with Gasteiger partial charge in [0.25, 0.3) is 0 Å². The Labute approximate surface area is 112 Å². The Morgan fingerprint density at radius 1 is 1.28 bits per heavy atom. The largest absolute Gasteiger partial charge is 0.362 e. The van der Waals surface area contributed by atoms with Gasteiger partial charge in [-0.2, -0.15) is 4.37 Å². The van der Waals surface area contributed by atoms with Gasteiger partial charge in [0.1, 0.15) is 5.00 Å². The second kappa shape index (κ2) is 4.52. The van der Waals surface area contributed by atoms with Gasteiger partial charge >= 0.3 is 0 Å². The summed E-state index contributed by atoms with van der Waals surface area (Å²) >= 11 is 1.63. The number of piperidine rings is 1. The summed E-state index contributed by atoms with van der Waals surface area (Å²) in [5, 5.41) is 6.08. The Morgan fingerprint density at radius 3 is 2.72 bits per heavy atom. The number of rotatable bonds is 2. The van der Waals surface area contributed by atoms with Gasteiger partial charge in [0.05, 0.1) is 5.52 Å². The van der Waals surface area contributed by atoms with Crippen molar-refractivity contribution in [1.82, 2.24) is 9.69 Å². The zero-order chi connectivity index (χ0) is 12.6. The van der Waals surface area contributed by atoms with Crippen molar-refractivity contribution >= 4 is 27.4 Å². The molecule has 1 fully saturated rings. The molecule has 4 heteroatoms. The lowest BCUT2D eigenvalue weighted by Crippen LogP contribution is -2.49. The lowest BCUT2D eigenvalue weighted by atomic mass is 9.90. The molecular formula is C14H19N3S. The van der Waals surface area contributed by atoms with E-state index < -0.39 is 0 Å². The third-order valence-corrected chi connectivity index (χ3v) is 5.06. The number of hydrogen-bond donors (Lipinski definition) is 1. The van der Waals surface area contributed by atoms with Crippen molar-refractivity contribution in [2.75, 3.05) is 25.0 Å². The SMILES string of the molecule is CNC1(C)CCN(c2snc3ccccc23)CC1. The van der Waals surface area contributed by atoms with Crippen LogP contribution in [0, 0.1) is 0 Å². The van der Waals surface area contributed by atoms with E-state index in [-0.39, 0.29) is 0 Å². The normalized spacial score (nSPS) is 19.3. The molecule has 96 valence electrons. The lowest BCUT2D eigenvalue weighted by Gasteiger charge is -2.39. The Morgan fingerprint density at radius 2 is 2.00 bits per heavy atom. The molecular weight excluding hydrogens is 242 g/mol.